The van der Waals surface area contributed by atoms with E-state index in [9.17, 15) is 14.4 Å². The van der Waals surface area contributed by atoms with Crippen LogP contribution in [0.2, 0.25) is 0 Å². The second-order valence-corrected chi connectivity index (χ2v) is 9.41. The number of carbonyl (C=O) groups is 3. The number of amides is 3. The van der Waals surface area contributed by atoms with Crippen LogP contribution in [0.25, 0.3) is 11.0 Å². The summed E-state index contributed by atoms with van der Waals surface area (Å²) in [5.74, 6) is -0.399. The van der Waals surface area contributed by atoms with Crippen LogP contribution in [0.1, 0.15) is 32.0 Å². The van der Waals surface area contributed by atoms with E-state index in [2.05, 4.69) is 35.8 Å². The molecule has 3 amide bonds. The number of ether oxygens (including phenoxy) is 2. The molecule has 0 saturated carbocycles. The summed E-state index contributed by atoms with van der Waals surface area (Å²) in [6.45, 7) is 3.45. The lowest BCUT2D eigenvalue weighted by Crippen LogP contribution is -2.37. The van der Waals surface area contributed by atoms with Crippen LogP contribution in [0.5, 0.6) is 5.75 Å². The lowest BCUT2D eigenvalue weighted by atomic mass is 10.1. The number of benzene rings is 2. The van der Waals surface area contributed by atoms with E-state index in [1.54, 1.807) is 18.2 Å². The topological polar surface area (TPSA) is 151 Å². The van der Waals surface area contributed by atoms with Crippen molar-refractivity contribution in [2.45, 2.75) is 13.1 Å². The molecule has 0 unspecified atom stereocenters. The number of fused-ring (bicyclic) bond motifs is 2. The Bertz CT molecular complexity index is 1600. The van der Waals surface area contributed by atoms with Gasteiger partial charge >= 0.3 is 0 Å². The van der Waals surface area contributed by atoms with Crippen molar-refractivity contribution >= 4 is 40.1 Å². The van der Waals surface area contributed by atoms with E-state index in [-0.39, 0.29) is 30.7 Å². The van der Waals surface area contributed by atoms with Crippen molar-refractivity contribution in [2.24, 2.45) is 0 Å². The van der Waals surface area contributed by atoms with Crippen LogP contribution in [0.3, 0.4) is 0 Å². The summed E-state index contributed by atoms with van der Waals surface area (Å²) in [4.78, 5) is 51.4. The van der Waals surface area contributed by atoms with Gasteiger partial charge in [-0.2, -0.15) is 0 Å². The SMILES string of the molecule is O=C1COc2ccc(CNC(=O)c3ncnc4c(C(=O)NCc5ccccc5N5CCOCC5)c[nH]c34)cc2N1. The number of nitrogens with one attached hydrogen (secondary N) is 4. The van der Waals surface area contributed by atoms with Crippen LogP contribution >= 0.6 is 0 Å². The highest BCUT2D eigenvalue weighted by Gasteiger charge is 2.21. The van der Waals surface area contributed by atoms with Crippen molar-refractivity contribution in [3.63, 3.8) is 0 Å². The number of rotatable bonds is 7. The third kappa shape index (κ3) is 5.16. The van der Waals surface area contributed by atoms with Gasteiger partial charge in [-0.15, -0.1) is 0 Å². The van der Waals surface area contributed by atoms with Crippen LogP contribution in [0, 0.1) is 0 Å². The quantitative estimate of drug-likeness (QED) is 0.277. The van der Waals surface area contributed by atoms with Gasteiger partial charge in [0.2, 0.25) is 0 Å². The Morgan fingerprint density at radius 3 is 2.70 bits per heavy atom. The second-order valence-electron chi connectivity index (χ2n) is 9.41. The molecule has 2 aromatic carbocycles. The Hall–Kier alpha value is -4.97. The normalized spacial score (nSPS) is 14.7. The summed E-state index contributed by atoms with van der Waals surface area (Å²) in [7, 11) is 0. The Morgan fingerprint density at radius 1 is 1.00 bits per heavy atom. The van der Waals surface area contributed by atoms with E-state index < -0.39 is 5.91 Å². The lowest BCUT2D eigenvalue weighted by molar-refractivity contribution is -0.118. The molecule has 2 aliphatic heterocycles. The summed E-state index contributed by atoms with van der Waals surface area (Å²) in [6, 6.07) is 13.3. The molecule has 0 aliphatic carbocycles. The van der Waals surface area contributed by atoms with E-state index in [1.807, 2.05) is 24.3 Å². The summed E-state index contributed by atoms with van der Waals surface area (Å²) in [5, 5.41) is 8.56. The van der Waals surface area contributed by atoms with Gasteiger partial charge < -0.3 is 35.3 Å². The summed E-state index contributed by atoms with van der Waals surface area (Å²) in [6.07, 6.45) is 2.80. The molecule has 2 aromatic heterocycles. The molecule has 12 nitrogen and oxygen atoms in total. The molecular weight excluding hydrogens is 514 g/mol. The maximum absolute atomic E-state index is 13.1. The van der Waals surface area contributed by atoms with Crippen molar-refractivity contribution < 1.29 is 23.9 Å². The third-order valence-electron chi connectivity index (χ3n) is 6.84. The minimum atomic E-state index is -0.432. The molecule has 204 valence electrons. The minimum Gasteiger partial charge on any atom is -0.482 e. The highest BCUT2D eigenvalue weighted by Crippen LogP contribution is 2.28. The molecule has 4 N–H and O–H groups in total. The average Bonchev–Trinajstić information content (AvgIpc) is 3.43. The molecule has 12 heteroatoms. The van der Waals surface area contributed by atoms with E-state index in [0.29, 0.717) is 47.8 Å². The van der Waals surface area contributed by atoms with Crippen molar-refractivity contribution in [2.75, 3.05) is 43.1 Å². The first-order valence-corrected chi connectivity index (χ1v) is 12.9. The van der Waals surface area contributed by atoms with Crippen LogP contribution in [0.4, 0.5) is 11.4 Å². The number of nitrogens with zero attached hydrogens (tertiary/aromatic N) is 3. The fourth-order valence-electron chi connectivity index (χ4n) is 4.83. The Morgan fingerprint density at radius 2 is 1.82 bits per heavy atom. The number of morpholine rings is 1. The standard InChI is InChI=1S/C28H27N7O5/c36-23-15-40-22-6-5-17(11-20(22)34-23)12-30-28(38)26-25-24(32-16-33-26)19(14-29-25)27(37)31-13-18-3-1-2-4-21(18)35-7-9-39-10-8-35/h1-6,11,14,16,29H,7-10,12-13,15H2,(H,30,38)(H,31,37)(H,34,36). The third-order valence-corrected chi connectivity index (χ3v) is 6.84. The van der Waals surface area contributed by atoms with E-state index >= 15 is 0 Å². The Kier molecular flexibility index (Phi) is 6.98. The van der Waals surface area contributed by atoms with E-state index in [1.165, 1.54) is 12.5 Å². The number of anilines is 2. The smallest absolute Gasteiger partial charge is 0.272 e. The molecule has 0 radical (unpaired) electrons. The molecule has 0 spiro atoms. The lowest BCUT2D eigenvalue weighted by Gasteiger charge is -2.30. The minimum absolute atomic E-state index is 0.0231. The predicted octanol–water partition coefficient (Wildman–Crippen LogP) is 1.99. The van der Waals surface area contributed by atoms with Gasteiger partial charge in [-0.1, -0.05) is 24.3 Å². The van der Waals surface area contributed by atoms with Crippen LogP contribution in [0.15, 0.2) is 55.0 Å². The van der Waals surface area contributed by atoms with E-state index in [4.69, 9.17) is 9.47 Å². The highest BCUT2D eigenvalue weighted by atomic mass is 16.5. The van der Waals surface area contributed by atoms with Gasteiger partial charge in [-0.05, 0) is 29.3 Å². The largest absolute Gasteiger partial charge is 0.482 e. The maximum Gasteiger partial charge on any atom is 0.272 e. The van der Waals surface area contributed by atoms with Gasteiger partial charge in [0.05, 0.1) is 30.0 Å². The number of H-pyrrole nitrogens is 1. The summed E-state index contributed by atoms with van der Waals surface area (Å²) in [5.41, 5.74) is 4.56. The first-order chi connectivity index (χ1) is 19.6. The molecule has 1 fully saturated rings. The first kappa shape index (κ1) is 25.3. The summed E-state index contributed by atoms with van der Waals surface area (Å²) < 4.78 is 10.8. The number of aromatic amines is 1. The molecule has 40 heavy (non-hydrogen) atoms. The fourth-order valence-corrected chi connectivity index (χ4v) is 4.83. The molecule has 0 atom stereocenters. The van der Waals surface area contributed by atoms with Gasteiger partial charge in [-0.3, -0.25) is 14.4 Å². The zero-order valence-electron chi connectivity index (χ0n) is 21.5. The maximum atomic E-state index is 13.1. The second kappa shape index (κ2) is 11.0. The van der Waals surface area contributed by atoms with E-state index in [0.717, 1.165) is 29.9 Å². The molecule has 0 bridgehead atoms. The predicted molar refractivity (Wildman–Crippen MR) is 146 cm³/mol. The summed E-state index contributed by atoms with van der Waals surface area (Å²) >= 11 is 0. The monoisotopic (exact) mass is 541 g/mol. The molecule has 2 aliphatic rings. The molecule has 4 aromatic rings. The van der Waals surface area contributed by atoms with Crippen LogP contribution in [-0.2, 0) is 22.6 Å². The zero-order valence-corrected chi connectivity index (χ0v) is 21.5. The van der Waals surface area contributed by atoms with Crippen molar-refractivity contribution in [3.05, 3.63) is 77.4 Å². The molecular formula is C28H27N7O5. The van der Waals surface area contributed by atoms with Gasteiger partial charge in [0.25, 0.3) is 17.7 Å². The Labute approximate surface area is 229 Å². The van der Waals surface area contributed by atoms with Crippen LogP contribution < -0.4 is 25.6 Å². The van der Waals surface area contributed by atoms with Crippen molar-refractivity contribution in [3.8, 4) is 5.75 Å². The van der Waals surface area contributed by atoms with Gasteiger partial charge in [-0.25, -0.2) is 9.97 Å². The highest BCUT2D eigenvalue weighted by molar-refractivity contribution is 6.10. The van der Waals surface area contributed by atoms with Crippen molar-refractivity contribution in [1.82, 2.24) is 25.6 Å². The number of aromatic nitrogens is 3. The number of carbonyl (C=O) groups excluding carboxylic acids is 3. The van der Waals surface area contributed by atoms with Crippen LogP contribution in [-0.4, -0.2) is 65.6 Å². The van der Waals surface area contributed by atoms with Crippen molar-refractivity contribution in [1.29, 1.82) is 0 Å². The van der Waals surface area contributed by atoms with Gasteiger partial charge in [0, 0.05) is 38.1 Å². The Balaban J connectivity index is 1.14. The fraction of sp³-hybridized carbons (Fsp3) is 0.250. The number of para-hydroxylation sites is 1. The molecule has 4 heterocycles. The molecule has 6 rings (SSSR count). The first-order valence-electron chi connectivity index (χ1n) is 12.9. The number of hydrogen-bond donors (Lipinski definition) is 4. The zero-order chi connectivity index (χ0) is 27.5. The van der Waals surface area contributed by atoms with Gasteiger partial charge in [0.1, 0.15) is 17.6 Å². The van der Waals surface area contributed by atoms with Gasteiger partial charge in [0.15, 0.2) is 12.3 Å². The average molecular weight is 542 g/mol. The number of hydrogen-bond acceptors (Lipinski definition) is 8. The molecule has 1 saturated heterocycles.